The van der Waals surface area contributed by atoms with Crippen molar-refractivity contribution < 1.29 is 4.79 Å². The normalized spacial score (nSPS) is 11.1. The Bertz CT molecular complexity index is 1160. The number of rotatable bonds is 6. The number of anilines is 1. The number of amides is 1. The first kappa shape index (κ1) is 22.5. The molecule has 3 aromatic rings. The van der Waals surface area contributed by atoms with E-state index in [1.165, 1.54) is 5.56 Å². The average Bonchev–Trinajstić information content (AvgIpc) is 2.69. The maximum absolute atomic E-state index is 13.3. The van der Waals surface area contributed by atoms with Crippen LogP contribution in [0.1, 0.15) is 57.8 Å². The Morgan fingerprint density at radius 2 is 1.68 bits per heavy atom. The number of nitrogens with zero attached hydrogens (tertiary/aromatic N) is 1. The van der Waals surface area contributed by atoms with Crippen molar-refractivity contribution in [2.24, 2.45) is 5.92 Å². The van der Waals surface area contributed by atoms with E-state index in [0.717, 1.165) is 33.8 Å². The summed E-state index contributed by atoms with van der Waals surface area (Å²) in [4.78, 5) is 26.3. The van der Waals surface area contributed by atoms with Gasteiger partial charge in [-0.3, -0.25) is 9.59 Å². The van der Waals surface area contributed by atoms with Crippen LogP contribution in [-0.4, -0.2) is 10.5 Å². The molecular weight excluding hydrogens is 384 g/mol. The lowest BCUT2D eigenvalue weighted by Gasteiger charge is -2.22. The van der Waals surface area contributed by atoms with Crippen LogP contribution in [0.15, 0.2) is 53.3 Å². The van der Waals surface area contributed by atoms with Gasteiger partial charge in [-0.1, -0.05) is 55.8 Å². The van der Waals surface area contributed by atoms with E-state index in [2.05, 4.69) is 54.9 Å². The fourth-order valence-electron chi connectivity index (χ4n) is 3.84. The molecule has 3 rings (SSSR count). The van der Waals surface area contributed by atoms with Gasteiger partial charge in [0.1, 0.15) is 5.56 Å². The SMILES string of the molecule is Cc1ccc(Cn2c(C)cc(=O)c(C(=O)Nc3cccc(C)c3C)c2CC(C)C)cc1. The summed E-state index contributed by atoms with van der Waals surface area (Å²) in [5.41, 5.74) is 6.87. The molecule has 0 fully saturated rings. The molecule has 0 aliphatic carbocycles. The number of benzene rings is 2. The van der Waals surface area contributed by atoms with Crippen LogP contribution in [0, 0.1) is 33.6 Å². The fourth-order valence-corrected chi connectivity index (χ4v) is 3.84. The second-order valence-electron chi connectivity index (χ2n) is 8.84. The summed E-state index contributed by atoms with van der Waals surface area (Å²) in [6, 6.07) is 15.8. The Kier molecular flexibility index (Phi) is 6.79. The van der Waals surface area contributed by atoms with Crippen LogP contribution >= 0.6 is 0 Å². The van der Waals surface area contributed by atoms with Gasteiger partial charge in [0.2, 0.25) is 0 Å². The van der Waals surface area contributed by atoms with E-state index in [1.807, 2.05) is 39.0 Å². The molecule has 1 amide bonds. The van der Waals surface area contributed by atoms with Crippen LogP contribution in [-0.2, 0) is 13.0 Å². The van der Waals surface area contributed by atoms with Crippen molar-refractivity contribution in [2.45, 2.75) is 54.5 Å². The Balaban J connectivity index is 2.09. The highest BCUT2D eigenvalue weighted by atomic mass is 16.2. The highest BCUT2D eigenvalue weighted by Crippen LogP contribution is 2.21. The van der Waals surface area contributed by atoms with E-state index in [4.69, 9.17) is 0 Å². The van der Waals surface area contributed by atoms with Crippen molar-refractivity contribution in [3.63, 3.8) is 0 Å². The minimum absolute atomic E-state index is 0.226. The fraction of sp³-hybridized carbons (Fsp3) is 0.333. The van der Waals surface area contributed by atoms with Crippen LogP contribution < -0.4 is 10.7 Å². The summed E-state index contributed by atoms with van der Waals surface area (Å²) < 4.78 is 2.12. The number of carbonyl (C=O) groups is 1. The molecule has 1 heterocycles. The van der Waals surface area contributed by atoms with Crippen LogP contribution in [0.3, 0.4) is 0 Å². The number of hydrogen-bond acceptors (Lipinski definition) is 2. The van der Waals surface area contributed by atoms with Gasteiger partial charge in [0, 0.05) is 29.7 Å². The van der Waals surface area contributed by atoms with Crippen LogP contribution in [0.25, 0.3) is 0 Å². The van der Waals surface area contributed by atoms with Gasteiger partial charge in [0.05, 0.1) is 0 Å². The summed E-state index contributed by atoms with van der Waals surface area (Å²) in [6.45, 7) is 12.8. The number of hydrogen-bond donors (Lipinski definition) is 1. The largest absolute Gasteiger partial charge is 0.343 e. The average molecular weight is 417 g/mol. The van der Waals surface area contributed by atoms with E-state index < -0.39 is 0 Å². The molecule has 0 saturated carbocycles. The molecule has 1 aromatic heterocycles. The number of aromatic nitrogens is 1. The third-order valence-electron chi connectivity index (χ3n) is 5.77. The quantitative estimate of drug-likeness (QED) is 0.570. The van der Waals surface area contributed by atoms with Gasteiger partial charge in [-0.15, -0.1) is 0 Å². The van der Waals surface area contributed by atoms with Gasteiger partial charge in [0.15, 0.2) is 5.43 Å². The monoisotopic (exact) mass is 416 g/mol. The minimum atomic E-state index is -0.341. The van der Waals surface area contributed by atoms with E-state index in [0.29, 0.717) is 18.9 Å². The van der Waals surface area contributed by atoms with Crippen molar-refractivity contribution in [3.8, 4) is 0 Å². The van der Waals surface area contributed by atoms with Crippen molar-refractivity contribution >= 4 is 11.6 Å². The molecule has 2 aromatic carbocycles. The summed E-state index contributed by atoms with van der Waals surface area (Å²) in [5.74, 6) is -0.0373. The summed E-state index contributed by atoms with van der Waals surface area (Å²) in [5, 5.41) is 2.99. The predicted octanol–water partition coefficient (Wildman–Crippen LogP) is 5.58. The third-order valence-corrected chi connectivity index (χ3v) is 5.77. The van der Waals surface area contributed by atoms with Gasteiger partial charge in [-0.25, -0.2) is 0 Å². The van der Waals surface area contributed by atoms with E-state index in [9.17, 15) is 9.59 Å². The summed E-state index contributed by atoms with van der Waals surface area (Å²) in [6.07, 6.45) is 0.651. The zero-order valence-electron chi connectivity index (χ0n) is 19.4. The molecule has 1 N–H and O–H groups in total. The van der Waals surface area contributed by atoms with Gasteiger partial charge >= 0.3 is 0 Å². The van der Waals surface area contributed by atoms with Crippen LogP contribution in [0.2, 0.25) is 0 Å². The Labute approximate surface area is 184 Å². The van der Waals surface area contributed by atoms with E-state index in [1.54, 1.807) is 6.07 Å². The molecule has 0 radical (unpaired) electrons. The minimum Gasteiger partial charge on any atom is -0.343 e. The first-order valence-corrected chi connectivity index (χ1v) is 10.8. The molecule has 4 nitrogen and oxygen atoms in total. The molecular formula is C27H32N2O2. The molecule has 162 valence electrons. The van der Waals surface area contributed by atoms with Crippen LogP contribution in [0.5, 0.6) is 0 Å². The molecule has 0 unspecified atom stereocenters. The third kappa shape index (κ3) is 5.13. The summed E-state index contributed by atoms with van der Waals surface area (Å²) >= 11 is 0. The van der Waals surface area contributed by atoms with Gasteiger partial charge in [0.25, 0.3) is 5.91 Å². The number of nitrogens with one attached hydrogen (secondary N) is 1. The zero-order chi connectivity index (χ0) is 22.7. The molecule has 31 heavy (non-hydrogen) atoms. The molecule has 0 aliphatic rings. The number of aryl methyl sites for hydroxylation is 3. The van der Waals surface area contributed by atoms with Gasteiger partial charge in [-0.05, 0) is 62.8 Å². The molecule has 0 atom stereocenters. The van der Waals surface area contributed by atoms with E-state index >= 15 is 0 Å². The predicted molar refractivity (Wildman–Crippen MR) is 128 cm³/mol. The van der Waals surface area contributed by atoms with Gasteiger partial charge in [-0.2, -0.15) is 0 Å². The number of pyridine rings is 1. The summed E-state index contributed by atoms with van der Waals surface area (Å²) in [7, 11) is 0. The topological polar surface area (TPSA) is 51.1 Å². The highest BCUT2D eigenvalue weighted by molar-refractivity contribution is 6.05. The van der Waals surface area contributed by atoms with Crippen molar-refractivity contribution in [3.05, 3.63) is 98.0 Å². The lowest BCUT2D eigenvalue weighted by molar-refractivity contribution is 0.102. The maximum Gasteiger partial charge on any atom is 0.261 e. The number of carbonyl (C=O) groups excluding carboxylic acids is 1. The molecule has 4 heteroatoms. The maximum atomic E-state index is 13.3. The molecule has 0 spiro atoms. The van der Waals surface area contributed by atoms with Crippen molar-refractivity contribution in [1.29, 1.82) is 0 Å². The molecule has 0 bridgehead atoms. The zero-order valence-corrected chi connectivity index (χ0v) is 19.4. The van der Waals surface area contributed by atoms with E-state index in [-0.39, 0.29) is 16.9 Å². The van der Waals surface area contributed by atoms with Crippen molar-refractivity contribution in [2.75, 3.05) is 5.32 Å². The molecule has 0 saturated heterocycles. The Morgan fingerprint density at radius 1 is 1.00 bits per heavy atom. The second kappa shape index (κ2) is 9.34. The smallest absolute Gasteiger partial charge is 0.261 e. The molecule has 0 aliphatic heterocycles. The first-order valence-electron chi connectivity index (χ1n) is 10.8. The van der Waals surface area contributed by atoms with Crippen molar-refractivity contribution in [1.82, 2.24) is 4.57 Å². The lowest BCUT2D eigenvalue weighted by atomic mass is 10.00. The van der Waals surface area contributed by atoms with Crippen LogP contribution in [0.4, 0.5) is 5.69 Å². The second-order valence-corrected chi connectivity index (χ2v) is 8.84. The lowest BCUT2D eigenvalue weighted by Crippen LogP contribution is -2.29. The highest BCUT2D eigenvalue weighted by Gasteiger charge is 2.22. The standard InChI is InChI=1S/C27H32N2O2/c1-17(2)14-24-26(27(31)28-23-9-7-8-19(4)21(23)6)25(30)15-20(5)29(24)16-22-12-10-18(3)11-13-22/h7-13,15,17H,14,16H2,1-6H3,(H,28,31). The first-order chi connectivity index (χ1) is 14.7. The Morgan fingerprint density at radius 3 is 2.32 bits per heavy atom. The Hall–Kier alpha value is -3.14. The van der Waals surface area contributed by atoms with Gasteiger partial charge < -0.3 is 9.88 Å².